The maximum Gasteiger partial charge on any atom is 0.274 e. The highest BCUT2D eigenvalue weighted by Gasteiger charge is 2.21. The molecule has 0 aliphatic rings. The monoisotopic (exact) mass is 413 g/mol. The molecular formula is C25H27N5O. The van der Waals surface area contributed by atoms with Gasteiger partial charge in [0, 0.05) is 39.1 Å². The number of carbonyl (C=O) groups excluding carboxylic acids is 1. The van der Waals surface area contributed by atoms with E-state index in [9.17, 15) is 4.79 Å². The Hall–Kier alpha value is -3.51. The van der Waals surface area contributed by atoms with Crippen LogP contribution in [0.3, 0.4) is 0 Å². The molecule has 0 unspecified atom stereocenters. The van der Waals surface area contributed by atoms with E-state index in [4.69, 9.17) is 0 Å². The van der Waals surface area contributed by atoms with Gasteiger partial charge in [0.25, 0.3) is 5.91 Å². The number of nitrogens with one attached hydrogen (secondary N) is 1. The number of aromatic nitrogens is 3. The summed E-state index contributed by atoms with van der Waals surface area (Å²) in [5.41, 5.74) is 5.38. The van der Waals surface area contributed by atoms with E-state index in [1.807, 2.05) is 78.4 Å². The first kappa shape index (κ1) is 20.8. The molecule has 0 aliphatic heterocycles. The molecule has 0 saturated carbocycles. The Labute approximate surface area is 182 Å². The number of benzene rings is 1. The number of imidazole rings is 1. The van der Waals surface area contributed by atoms with Crippen molar-refractivity contribution in [3.63, 3.8) is 0 Å². The molecule has 6 heteroatoms. The zero-order chi connectivity index (χ0) is 21.6. The van der Waals surface area contributed by atoms with Gasteiger partial charge in [-0.25, -0.2) is 4.98 Å². The van der Waals surface area contributed by atoms with Crippen molar-refractivity contribution >= 4 is 11.6 Å². The molecule has 31 heavy (non-hydrogen) atoms. The van der Waals surface area contributed by atoms with Crippen LogP contribution in [0, 0.1) is 0 Å². The van der Waals surface area contributed by atoms with Gasteiger partial charge in [0.2, 0.25) is 0 Å². The van der Waals surface area contributed by atoms with Crippen LogP contribution in [0.5, 0.6) is 0 Å². The van der Waals surface area contributed by atoms with Crippen LogP contribution in [0.25, 0.3) is 5.65 Å². The van der Waals surface area contributed by atoms with Crippen molar-refractivity contribution in [3.8, 4) is 0 Å². The van der Waals surface area contributed by atoms with Crippen LogP contribution in [0.4, 0.5) is 0 Å². The second-order valence-electron chi connectivity index (χ2n) is 7.60. The highest BCUT2D eigenvalue weighted by molar-refractivity contribution is 5.94. The lowest BCUT2D eigenvalue weighted by Crippen LogP contribution is -2.28. The Kier molecular flexibility index (Phi) is 6.38. The van der Waals surface area contributed by atoms with Gasteiger partial charge in [0.1, 0.15) is 5.65 Å². The first-order valence-electron chi connectivity index (χ1n) is 10.6. The van der Waals surface area contributed by atoms with E-state index in [0.29, 0.717) is 25.3 Å². The summed E-state index contributed by atoms with van der Waals surface area (Å²) in [6, 6.07) is 19.9. The number of pyridine rings is 2. The molecule has 0 spiro atoms. The molecule has 0 saturated heterocycles. The third kappa shape index (κ3) is 4.81. The molecule has 0 atom stereocenters. The molecule has 1 amide bonds. The van der Waals surface area contributed by atoms with E-state index in [2.05, 4.69) is 28.3 Å². The number of hydrogen-bond donors (Lipinski definition) is 1. The lowest BCUT2D eigenvalue weighted by atomic mass is 10.2. The SMILES string of the molecule is CCc1ccc(CNCc2c(C(=O)N(C)Cc3ccccc3)nc3ccccn23)nc1. The van der Waals surface area contributed by atoms with E-state index in [1.54, 1.807) is 4.90 Å². The van der Waals surface area contributed by atoms with Gasteiger partial charge in [0.15, 0.2) is 5.69 Å². The van der Waals surface area contributed by atoms with Gasteiger partial charge < -0.3 is 14.6 Å². The summed E-state index contributed by atoms with van der Waals surface area (Å²) in [4.78, 5) is 24.1. The topological polar surface area (TPSA) is 62.5 Å². The number of carbonyl (C=O) groups is 1. The van der Waals surface area contributed by atoms with Crippen molar-refractivity contribution in [2.75, 3.05) is 7.05 Å². The zero-order valence-corrected chi connectivity index (χ0v) is 18.0. The predicted molar refractivity (Wildman–Crippen MR) is 122 cm³/mol. The number of fused-ring (bicyclic) bond motifs is 1. The summed E-state index contributed by atoms with van der Waals surface area (Å²) in [6.07, 6.45) is 4.84. The van der Waals surface area contributed by atoms with Crippen LogP contribution < -0.4 is 5.32 Å². The second kappa shape index (κ2) is 9.53. The van der Waals surface area contributed by atoms with Crippen molar-refractivity contribution in [2.24, 2.45) is 0 Å². The Morgan fingerprint density at radius 1 is 1.00 bits per heavy atom. The lowest BCUT2D eigenvalue weighted by molar-refractivity contribution is 0.0778. The Morgan fingerprint density at radius 2 is 1.81 bits per heavy atom. The van der Waals surface area contributed by atoms with Crippen molar-refractivity contribution in [2.45, 2.75) is 33.0 Å². The minimum atomic E-state index is -0.0882. The smallest absolute Gasteiger partial charge is 0.274 e. The number of hydrogen-bond acceptors (Lipinski definition) is 4. The van der Waals surface area contributed by atoms with Gasteiger partial charge in [-0.15, -0.1) is 0 Å². The quantitative estimate of drug-likeness (QED) is 0.477. The average Bonchev–Trinajstić information content (AvgIpc) is 3.18. The minimum absolute atomic E-state index is 0.0882. The molecule has 3 heterocycles. The summed E-state index contributed by atoms with van der Waals surface area (Å²) < 4.78 is 1.98. The molecular weight excluding hydrogens is 386 g/mol. The number of amides is 1. The van der Waals surface area contributed by atoms with Crippen LogP contribution in [-0.2, 0) is 26.1 Å². The Balaban J connectivity index is 1.52. The molecule has 6 nitrogen and oxygen atoms in total. The highest BCUT2D eigenvalue weighted by Crippen LogP contribution is 2.16. The van der Waals surface area contributed by atoms with E-state index >= 15 is 0 Å². The van der Waals surface area contributed by atoms with Crippen molar-refractivity contribution in [3.05, 3.63) is 101 Å². The minimum Gasteiger partial charge on any atom is -0.336 e. The summed E-state index contributed by atoms with van der Waals surface area (Å²) in [6.45, 7) is 3.79. The van der Waals surface area contributed by atoms with Gasteiger partial charge in [-0.3, -0.25) is 9.78 Å². The molecule has 1 N–H and O–H groups in total. The Morgan fingerprint density at radius 3 is 2.55 bits per heavy atom. The lowest BCUT2D eigenvalue weighted by Gasteiger charge is -2.17. The van der Waals surface area contributed by atoms with Gasteiger partial charge >= 0.3 is 0 Å². The van der Waals surface area contributed by atoms with Crippen LogP contribution in [0.1, 0.15) is 39.9 Å². The van der Waals surface area contributed by atoms with Gasteiger partial charge in [0.05, 0.1) is 11.4 Å². The molecule has 4 aromatic rings. The molecule has 0 radical (unpaired) electrons. The molecule has 1 aromatic carbocycles. The normalized spacial score (nSPS) is 11.0. The van der Waals surface area contributed by atoms with Gasteiger partial charge in [-0.2, -0.15) is 0 Å². The number of rotatable bonds is 8. The van der Waals surface area contributed by atoms with E-state index in [-0.39, 0.29) is 5.91 Å². The maximum absolute atomic E-state index is 13.3. The molecule has 0 aliphatic carbocycles. The van der Waals surface area contributed by atoms with Gasteiger partial charge in [-0.1, -0.05) is 49.4 Å². The average molecular weight is 414 g/mol. The first-order chi connectivity index (χ1) is 15.2. The summed E-state index contributed by atoms with van der Waals surface area (Å²) in [5, 5.41) is 3.42. The summed E-state index contributed by atoms with van der Waals surface area (Å²) in [5.74, 6) is -0.0882. The van der Waals surface area contributed by atoms with E-state index < -0.39 is 0 Å². The van der Waals surface area contributed by atoms with Crippen molar-refractivity contribution in [1.29, 1.82) is 0 Å². The van der Waals surface area contributed by atoms with Crippen LogP contribution in [0.2, 0.25) is 0 Å². The largest absolute Gasteiger partial charge is 0.336 e. The third-order valence-corrected chi connectivity index (χ3v) is 5.33. The third-order valence-electron chi connectivity index (χ3n) is 5.33. The van der Waals surface area contributed by atoms with Crippen LogP contribution in [0.15, 0.2) is 73.1 Å². The van der Waals surface area contributed by atoms with Crippen LogP contribution >= 0.6 is 0 Å². The second-order valence-corrected chi connectivity index (χ2v) is 7.60. The molecule has 0 bridgehead atoms. The molecule has 0 fully saturated rings. The fourth-order valence-electron chi connectivity index (χ4n) is 3.57. The van der Waals surface area contributed by atoms with E-state index in [0.717, 1.165) is 29.0 Å². The van der Waals surface area contributed by atoms with Crippen molar-refractivity contribution < 1.29 is 4.79 Å². The molecule has 4 rings (SSSR count). The van der Waals surface area contributed by atoms with E-state index in [1.165, 1.54) is 5.56 Å². The van der Waals surface area contributed by atoms with Crippen molar-refractivity contribution in [1.82, 2.24) is 24.6 Å². The first-order valence-corrected chi connectivity index (χ1v) is 10.6. The number of nitrogens with zero attached hydrogens (tertiary/aromatic N) is 4. The molecule has 3 aromatic heterocycles. The fourth-order valence-corrected chi connectivity index (χ4v) is 3.57. The standard InChI is InChI=1S/C25H27N5O/c1-3-19-12-13-21(27-15-19)16-26-17-22-24(28-23-11-7-8-14-30(22)23)25(31)29(2)18-20-9-5-4-6-10-20/h4-15,26H,3,16-18H2,1-2H3. The summed E-state index contributed by atoms with van der Waals surface area (Å²) in [7, 11) is 1.82. The maximum atomic E-state index is 13.3. The fraction of sp³-hybridized carbons (Fsp3) is 0.240. The predicted octanol–water partition coefficient (Wildman–Crippen LogP) is 3.85. The molecule has 158 valence electrons. The van der Waals surface area contributed by atoms with Crippen LogP contribution in [-0.4, -0.2) is 32.2 Å². The van der Waals surface area contributed by atoms with Gasteiger partial charge in [-0.05, 0) is 35.7 Å². The Bertz CT molecular complexity index is 1150. The highest BCUT2D eigenvalue weighted by atomic mass is 16.2. The number of aryl methyl sites for hydroxylation is 1. The zero-order valence-electron chi connectivity index (χ0n) is 18.0. The summed E-state index contributed by atoms with van der Waals surface area (Å²) >= 11 is 0.